The van der Waals surface area contributed by atoms with Crippen molar-refractivity contribution in [1.29, 1.82) is 0 Å². The van der Waals surface area contributed by atoms with E-state index in [-0.39, 0.29) is 35.5 Å². The Kier molecular flexibility index (Phi) is 11.0. The van der Waals surface area contributed by atoms with Crippen LogP contribution < -0.4 is 9.62 Å². The second-order valence-corrected chi connectivity index (χ2v) is 12.0. The Morgan fingerprint density at radius 2 is 1.60 bits per heavy atom. The molecule has 0 aliphatic heterocycles. The highest BCUT2D eigenvalue weighted by Crippen LogP contribution is 2.27. The first-order chi connectivity index (χ1) is 19.0. The van der Waals surface area contributed by atoms with Crippen LogP contribution in [0.3, 0.4) is 0 Å². The molecule has 0 fully saturated rings. The van der Waals surface area contributed by atoms with Gasteiger partial charge in [0.1, 0.15) is 18.4 Å². The third kappa shape index (κ3) is 7.74. The molecule has 0 spiro atoms. The van der Waals surface area contributed by atoms with Crippen LogP contribution in [0.2, 0.25) is 10.0 Å². The number of hydrogen-bond donors (Lipinski definition) is 1. The minimum atomic E-state index is -4.24. The number of carbonyl (C=O) groups is 2. The van der Waals surface area contributed by atoms with Crippen LogP contribution in [0.4, 0.5) is 10.1 Å². The molecule has 11 heteroatoms. The highest BCUT2D eigenvalue weighted by molar-refractivity contribution is 7.92. The molecule has 2 atom stereocenters. The molecule has 0 aliphatic rings. The lowest BCUT2D eigenvalue weighted by molar-refractivity contribution is -0.140. The Balaban J connectivity index is 2.07. The minimum absolute atomic E-state index is 0.0408. The fourth-order valence-electron chi connectivity index (χ4n) is 4.05. The van der Waals surface area contributed by atoms with Crippen LogP contribution in [0.5, 0.6) is 0 Å². The Morgan fingerprint density at radius 1 is 0.950 bits per heavy atom. The summed E-state index contributed by atoms with van der Waals surface area (Å²) in [4.78, 5) is 28.6. The zero-order chi connectivity index (χ0) is 29.4. The van der Waals surface area contributed by atoms with E-state index in [0.717, 1.165) is 16.4 Å². The number of anilines is 1. The maximum absolute atomic E-state index is 14.0. The first-order valence-corrected chi connectivity index (χ1v) is 15.0. The van der Waals surface area contributed by atoms with Gasteiger partial charge in [-0.2, -0.15) is 0 Å². The fraction of sp³-hybridized carbons (Fsp3) is 0.310. The molecule has 3 rings (SSSR count). The number of carbonyl (C=O) groups excluding carboxylic acids is 2. The van der Waals surface area contributed by atoms with Crippen LogP contribution in [-0.4, -0.2) is 43.8 Å². The molecule has 7 nitrogen and oxygen atoms in total. The van der Waals surface area contributed by atoms with Crippen LogP contribution in [0, 0.1) is 5.82 Å². The van der Waals surface area contributed by atoms with E-state index in [0.29, 0.717) is 22.0 Å². The van der Waals surface area contributed by atoms with Gasteiger partial charge < -0.3 is 10.2 Å². The monoisotopic (exact) mass is 607 g/mol. The highest BCUT2D eigenvalue weighted by atomic mass is 35.5. The summed E-state index contributed by atoms with van der Waals surface area (Å²) >= 11 is 12.5. The van der Waals surface area contributed by atoms with Crippen molar-refractivity contribution in [2.75, 3.05) is 10.8 Å². The summed E-state index contributed by atoms with van der Waals surface area (Å²) in [5, 5.41) is 3.62. The maximum atomic E-state index is 14.0. The van der Waals surface area contributed by atoms with E-state index < -0.39 is 34.3 Å². The van der Waals surface area contributed by atoms with Gasteiger partial charge in [0.05, 0.1) is 10.6 Å². The quantitative estimate of drug-likeness (QED) is 0.271. The van der Waals surface area contributed by atoms with Crippen molar-refractivity contribution >= 4 is 50.7 Å². The van der Waals surface area contributed by atoms with Crippen molar-refractivity contribution in [2.45, 2.75) is 57.1 Å². The predicted molar refractivity (Wildman–Crippen MR) is 156 cm³/mol. The van der Waals surface area contributed by atoms with E-state index in [1.807, 2.05) is 13.8 Å². The SMILES string of the molecule is CC[C@H](C(=O)N[C@@H](C)CC)N(Cc1ccc(Cl)cc1Cl)C(=O)CN(c1ccc(F)cc1)S(=O)(=O)c1ccccc1. The zero-order valence-corrected chi connectivity index (χ0v) is 24.8. The molecular weight excluding hydrogens is 576 g/mol. The topological polar surface area (TPSA) is 86.8 Å². The van der Waals surface area contributed by atoms with E-state index in [1.54, 1.807) is 37.3 Å². The molecule has 0 radical (unpaired) electrons. The second kappa shape index (κ2) is 14.0. The molecule has 0 aliphatic carbocycles. The Bertz CT molecular complexity index is 1420. The summed E-state index contributed by atoms with van der Waals surface area (Å²) in [5.41, 5.74) is 0.633. The van der Waals surface area contributed by atoms with Gasteiger partial charge in [0.2, 0.25) is 11.8 Å². The van der Waals surface area contributed by atoms with Gasteiger partial charge in [0, 0.05) is 22.6 Å². The summed E-state index contributed by atoms with van der Waals surface area (Å²) < 4.78 is 42.1. The summed E-state index contributed by atoms with van der Waals surface area (Å²) in [6.45, 7) is 4.85. The molecule has 0 unspecified atom stereocenters. The molecule has 40 heavy (non-hydrogen) atoms. The Hall–Kier alpha value is -3.14. The number of sulfonamides is 1. The standard InChI is InChI=1S/C29H32Cl2FN3O4S/c1-4-20(3)33-29(37)27(5-2)34(18-21-11-12-22(30)17-26(21)31)28(36)19-35(24-15-13-23(32)14-16-24)40(38,39)25-9-7-6-8-10-25/h6-17,20,27H,4-5,18-19H2,1-3H3,(H,33,37)/t20-,27+/m0/s1. The lowest BCUT2D eigenvalue weighted by Gasteiger charge is -2.34. The minimum Gasteiger partial charge on any atom is -0.352 e. The average Bonchev–Trinajstić information content (AvgIpc) is 2.93. The number of benzene rings is 3. The molecule has 1 N–H and O–H groups in total. The lowest BCUT2D eigenvalue weighted by Crippen LogP contribution is -2.53. The average molecular weight is 609 g/mol. The van der Waals surface area contributed by atoms with Gasteiger partial charge in [-0.15, -0.1) is 0 Å². The largest absolute Gasteiger partial charge is 0.352 e. The summed E-state index contributed by atoms with van der Waals surface area (Å²) in [6, 6.07) is 16.2. The van der Waals surface area contributed by atoms with Gasteiger partial charge in [-0.05, 0) is 73.9 Å². The van der Waals surface area contributed by atoms with Crippen LogP contribution in [0.1, 0.15) is 39.2 Å². The van der Waals surface area contributed by atoms with Crippen molar-refractivity contribution in [3.8, 4) is 0 Å². The van der Waals surface area contributed by atoms with Crippen LogP contribution in [0.25, 0.3) is 0 Å². The van der Waals surface area contributed by atoms with Crippen LogP contribution in [0.15, 0.2) is 77.7 Å². The van der Waals surface area contributed by atoms with E-state index in [2.05, 4.69) is 5.32 Å². The van der Waals surface area contributed by atoms with E-state index in [1.165, 1.54) is 35.2 Å². The van der Waals surface area contributed by atoms with Crippen LogP contribution in [-0.2, 0) is 26.2 Å². The molecule has 0 bridgehead atoms. The molecule has 214 valence electrons. The van der Waals surface area contributed by atoms with Crippen molar-refractivity contribution in [3.63, 3.8) is 0 Å². The second-order valence-electron chi connectivity index (χ2n) is 9.30. The molecule has 3 aromatic carbocycles. The number of rotatable bonds is 12. The molecule has 0 heterocycles. The summed E-state index contributed by atoms with van der Waals surface area (Å²) in [6.07, 6.45) is 0.952. The fourth-order valence-corrected chi connectivity index (χ4v) is 5.95. The normalized spacial score (nSPS) is 12.8. The van der Waals surface area contributed by atoms with E-state index in [9.17, 15) is 22.4 Å². The van der Waals surface area contributed by atoms with E-state index in [4.69, 9.17) is 23.2 Å². The zero-order valence-electron chi connectivity index (χ0n) is 22.5. The molecule has 0 saturated heterocycles. The van der Waals surface area contributed by atoms with Gasteiger partial charge in [0.15, 0.2) is 0 Å². The predicted octanol–water partition coefficient (Wildman–Crippen LogP) is 6.05. The third-order valence-corrected chi connectivity index (χ3v) is 8.84. The van der Waals surface area contributed by atoms with Gasteiger partial charge in [-0.3, -0.25) is 13.9 Å². The van der Waals surface area contributed by atoms with Crippen LogP contribution >= 0.6 is 23.2 Å². The molecule has 3 aromatic rings. The molecule has 0 aromatic heterocycles. The summed E-state index contributed by atoms with van der Waals surface area (Å²) in [7, 11) is -4.24. The van der Waals surface area contributed by atoms with E-state index >= 15 is 0 Å². The number of nitrogens with one attached hydrogen (secondary N) is 1. The highest BCUT2D eigenvalue weighted by Gasteiger charge is 2.34. The smallest absolute Gasteiger partial charge is 0.264 e. The third-order valence-electron chi connectivity index (χ3n) is 6.47. The van der Waals surface area contributed by atoms with Gasteiger partial charge in [-0.25, -0.2) is 12.8 Å². The molecular formula is C29H32Cl2FN3O4S. The van der Waals surface area contributed by atoms with Gasteiger partial charge >= 0.3 is 0 Å². The Labute approximate surface area is 244 Å². The summed E-state index contributed by atoms with van der Waals surface area (Å²) in [5.74, 6) is -1.56. The first kappa shape index (κ1) is 31.4. The molecule has 0 saturated carbocycles. The number of hydrogen-bond acceptors (Lipinski definition) is 4. The van der Waals surface area contributed by atoms with Gasteiger partial charge in [0.25, 0.3) is 10.0 Å². The van der Waals surface area contributed by atoms with Gasteiger partial charge in [-0.1, -0.05) is 61.3 Å². The first-order valence-electron chi connectivity index (χ1n) is 12.8. The number of nitrogens with zero attached hydrogens (tertiary/aromatic N) is 2. The van der Waals surface area contributed by atoms with Crippen molar-refractivity contribution < 1.29 is 22.4 Å². The maximum Gasteiger partial charge on any atom is 0.264 e. The van der Waals surface area contributed by atoms with Crippen molar-refractivity contribution in [1.82, 2.24) is 10.2 Å². The Morgan fingerprint density at radius 3 is 2.17 bits per heavy atom. The molecule has 2 amide bonds. The van der Waals surface area contributed by atoms with Crippen molar-refractivity contribution in [3.05, 3.63) is 94.2 Å². The number of halogens is 3. The number of amides is 2. The van der Waals surface area contributed by atoms with Crippen molar-refractivity contribution in [2.24, 2.45) is 0 Å². The lowest BCUT2D eigenvalue weighted by atomic mass is 10.1.